The molecule has 1 nitrogen and oxygen atoms in total. The van der Waals surface area contributed by atoms with Crippen molar-refractivity contribution in [3.63, 3.8) is 0 Å². The first-order chi connectivity index (χ1) is 3.72. The molecule has 0 spiro atoms. The molecule has 0 aliphatic rings. The van der Waals surface area contributed by atoms with Gasteiger partial charge in [-0.05, 0) is 26.2 Å². The van der Waals surface area contributed by atoms with Gasteiger partial charge in [-0.3, -0.25) is 0 Å². The van der Waals surface area contributed by atoms with Gasteiger partial charge in [-0.15, -0.1) is 0 Å². The van der Waals surface area contributed by atoms with Gasteiger partial charge in [0.1, 0.15) is 0 Å². The zero-order chi connectivity index (χ0) is 6.57. The fourth-order valence-corrected chi connectivity index (χ4v) is 0.496. The molecule has 0 aromatic heterocycles. The van der Waals surface area contributed by atoms with Crippen molar-refractivity contribution in [1.82, 2.24) is 4.90 Å². The Morgan fingerprint density at radius 3 is 1.62 bits per heavy atom. The lowest BCUT2D eigenvalue weighted by Gasteiger charge is -2.18. The number of nitrogens with zero attached hydrogens (tertiary/aromatic N) is 1. The molecule has 0 N–H and O–H groups in total. The fraction of sp³-hybridized carbons (Fsp3) is 0.429. The Labute approximate surface area is 51.3 Å². The Hall–Kier alpha value is -0.720. The van der Waals surface area contributed by atoms with Gasteiger partial charge in [-0.2, -0.15) is 0 Å². The van der Waals surface area contributed by atoms with Crippen LogP contribution in [0.3, 0.4) is 0 Å². The Morgan fingerprint density at radius 1 is 1.25 bits per heavy atom. The lowest BCUT2D eigenvalue weighted by atomic mass is 10.4. The van der Waals surface area contributed by atoms with E-state index in [0.29, 0.717) is 6.04 Å². The molecule has 0 aliphatic heterocycles. The minimum atomic E-state index is 0.477. The van der Waals surface area contributed by atoms with E-state index in [4.69, 9.17) is 0 Å². The summed E-state index contributed by atoms with van der Waals surface area (Å²) in [6.07, 6.45) is 3.52. The molecule has 0 amide bonds. The predicted octanol–water partition coefficient (Wildman–Crippen LogP) is 1.98. The summed E-state index contributed by atoms with van der Waals surface area (Å²) in [6.45, 7) is 11.4. The van der Waals surface area contributed by atoms with Crippen molar-refractivity contribution in [3.8, 4) is 0 Å². The molecule has 46 valence electrons. The summed E-state index contributed by atoms with van der Waals surface area (Å²) in [4.78, 5) is 1.94. The van der Waals surface area contributed by atoms with E-state index in [1.54, 1.807) is 12.4 Å². The van der Waals surface area contributed by atoms with Crippen LogP contribution in [0, 0.1) is 0 Å². The normalized spacial score (nSPS) is 8.88. The second-order valence-corrected chi connectivity index (χ2v) is 1.91. The van der Waals surface area contributed by atoms with E-state index in [0.717, 1.165) is 0 Å². The maximum atomic E-state index is 3.61. The number of rotatable bonds is 3. The Balaban J connectivity index is 3.68. The topological polar surface area (TPSA) is 3.24 Å². The van der Waals surface area contributed by atoms with Crippen molar-refractivity contribution in [2.45, 2.75) is 19.9 Å². The molecule has 0 rings (SSSR count). The standard InChI is InChI=1S/C7H13N/c1-5-8(6-2)7(3)4/h5-7H,1-2H2,3-4H3. The van der Waals surface area contributed by atoms with E-state index in [2.05, 4.69) is 27.0 Å². The highest BCUT2D eigenvalue weighted by Gasteiger charge is 1.94. The summed E-state index contributed by atoms with van der Waals surface area (Å²) in [6, 6.07) is 0.477. The van der Waals surface area contributed by atoms with Crippen LogP contribution in [0.1, 0.15) is 13.8 Å². The highest BCUT2D eigenvalue weighted by atomic mass is 15.1. The van der Waals surface area contributed by atoms with E-state index < -0.39 is 0 Å². The summed E-state index contributed by atoms with van der Waals surface area (Å²) >= 11 is 0. The summed E-state index contributed by atoms with van der Waals surface area (Å²) < 4.78 is 0. The van der Waals surface area contributed by atoms with E-state index in [1.807, 2.05) is 4.90 Å². The SMILES string of the molecule is C=CN(C=C)C(C)C. The third-order valence-corrected chi connectivity index (χ3v) is 1.02. The van der Waals surface area contributed by atoms with Gasteiger partial charge < -0.3 is 4.90 Å². The van der Waals surface area contributed by atoms with Crippen molar-refractivity contribution in [2.75, 3.05) is 0 Å². The molecule has 8 heavy (non-hydrogen) atoms. The zero-order valence-electron chi connectivity index (χ0n) is 5.59. The van der Waals surface area contributed by atoms with Crippen molar-refractivity contribution in [3.05, 3.63) is 25.6 Å². The Kier molecular flexibility index (Phi) is 3.01. The van der Waals surface area contributed by atoms with Crippen molar-refractivity contribution >= 4 is 0 Å². The van der Waals surface area contributed by atoms with E-state index in [9.17, 15) is 0 Å². The molecule has 1 heteroatoms. The molecule has 0 saturated heterocycles. The van der Waals surface area contributed by atoms with E-state index in [1.165, 1.54) is 0 Å². The summed E-state index contributed by atoms with van der Waals surface area (Å²) in [5, 5.41) is 0. The van der Waals surface area contributed by atoms with Crippen LogP contribution in [-0.2, 0) is 0 Å². The van der Waals surface area contributed by atoms with Crippen LogP contribution in [-0.4, -0.2) is 10.9 Å². The largest absolute Gasteiger partial charge is 0.353 e. The van der Waals surface area contributed by atoms with Crippen LogP contribution in [0.15, 0.2) is 25.6 Å². The molecule has 0 unspecified atom stereocenters. The Morgan fingerprint density at radius 2 is 1.62 bits per heavy atom. The summed E-state index contributed by atoms with van der Waals surface area (Å²) in [5.74, 6) is 0. The summed E-state index contributed by atoms with van der Waals surface area (Å²) in [7, 11) is 0. The highest BCUT2D eigenvalue weighted by molar-refractivity contribution is 4.82. The predicted molar refractivity (Wildman–Crippen MR) is 37.4 cm³/mol. The highest BCUT2D eigenvalue weighted by Crippen LogP contribution is 1.96. The average Bonchev–Trinajstić information content (AvgIpc) is 1.69. The minimum Gasteiger partial charge on any atom is -0.353 e. The van der Waals surface area contributed by atoms with Gasteiger partial charge in [0.05, 0.1) is 0 Å². The van der Waals surface area contributed by atoms with Crippen LogP contribution in [0.5, 0.6) is 0 Å². The van der Waals surface area contributed by atoms with Crippen molar-refractivity contribution in [2.24, 2.45) is 0 Å². The summed E-state index contributed by atoms with van der Waals surface area (Å²) in [5.41, 5.74) is 0. The third-order valence-electron chi connectivity index (χ3n) is 1.02. The maximum absolute atomic E-state index is 3.61. The van der Waals surface area contributed by atoms with Gasteiger partial charge in [0.25, 0.3) is 0 Å². The molecule has 0 aliphatic carbocycles. The molecule has 0 aromatic rings. The third kappa shape index (κ3) is 1.82. The molecule has 0 atom stereocenters. The molecule has 0 bridgehead atoms. The lowest BCUT2D eigenvalue weighted by molar-refractivity contribution is 0.419. The molecular formula is C7H13N. The van der Waals surface area contributed by atoms with E-state index in [-0.39, 0.29) is 0 Å². The quantitative estimate of drug-likeness (QED) is 0.538. The second kappa shape index (κ2) is 3.30. The molecule has 0 saturated carbocycles. The van der Waals surface area contributed by atoms with Gasteiger partial charge in [-0.25, -0.2) is 0 Å². The first-order valence-electron chi connectivity index (χ1n) is 2.75. The van der Waals surface area contributed by atoms with Crippen molar-refractivity contribution < 1.29 is 0 Å². The fourth-order valence-electron chi connectivity index (χ4n) is 0.496. The van der Waals surface area contributed by atoms with Crippen LogP contribution >= 0.6 is 0 Å². The molecule has 0 aromatic carbocycles. The second-order valence-electron chi connectivity index (χ2n) is 1.91. The first kappa shape index (κ1) is 7.28. The van der Waals surface area contributed by atoms with Gasteiger partial charge >= 0.3 is 0 Å². The zero-order valence-corrected chi connectivity index (χ0v) is 5.59. The molecule has 0 heterocycles. The minimum absolute atomic E-state index is 0.477. The van der Waals surface area contributed by atoms with Gasteiger partial charge in [0.15, 0.2) is 0 Å². The smallest absolute Gasteiger partial charge is 0.0273 e. The monoisotopic (exact) mass is 111 g/mol. The van der Waals surface area contributed by atoms with Crippen LogP contribution < -0.4 is 0 Å². The lowest BCUT2D eigenvalue weighted by Crippen LogP contribution is -2.17. The van der Waals surface area contributed by atoms with E-state index >= 15 is 0 Å². The van der Waals surface area contributed by atoms with Gasteiger partial charge in [-0.1, -0.05) is 13.2 Å². The van der Waals surface area contributed by atoms with Gasteiger partial charge in [0.2, 0.25) is 0 Å². The number of hydrogen-bond acceptors (Lipinski definition) is 1. The van der Waals surface area contributed by atoms with Gasteiger partial charge in [0, 0.05) is 6.04 Å². The molecule has 0 fully saturated rings. The maximum Gasteiger partial charge on any atom is 0.0273 e. The molecular weight excluding hydrogens is 98.1 g/mol. The number of hydrogen-bond donors (Lipinski definition) is 0. The Bertz CT molecular complexity index is 76.4. The molecule has 0 radical (unpaired) electrons. The van der Waals surface area contributed by atoms with Crippen molar-refractivity contribution in [1.29, 1.82) is 0 Å². The average molecular weight is 111 g/mol. The first-order valence-corrected chi connectivity index (χ1v) is 2.75. The van der Waals surface area contributed by atoms with Crippen LogP contribution in [0.25, 0.3) is 0 Å². The van der Waals surface area contributed by atoms with Crippen LogP contribution in [0.2, 0.25) is 0 Å². The van der Waals surface area contributed by atoms with Crippen LogP contribution in [0.4, 0.5) is 0 Å².